The molecule has 0 atom stereocenters. The molecule has 0 bridgehead atoms. The van der Waals surface area contributed by atoms with E-state index in [-0.39, 0.29) is 12.0 Å². The third-order valence-electron chi connectivity index (χ3n) is 4.41. The lowest BCUT2D eigenvalue weighted by molar-refractivity contribution is -0.133. The lowest BCUT2D eigenvalue weighted by Gasteiger charge is -2.37. The molecule has 2 aliphatic heterocycles. The minimum atomic E-state index is -0.409. The highest BCUT2D eigenvalue weighted by molar-refractivity contribution is 5.79. The van der Waals surface area contributed by atoms with E-state index in [9.17, 15) is 9.59 Å². The van der Waals surface area contributed by atoms with E-state index in [1.54, 1.807) is 7.11 Å². The van der Waals surface area contributed by atoms with Gasteiger partial charge in [-0.15, -0.1) is 0 Å². The van der Waals surface area contributed by atoms with Crippen LogP contribution in [0.25, 0.3) is 0 Å². The smallest absolute Gasteiger partial charge is 0.407 e. The van der Waals surface area contributed by atoms with E-state index in [4.69, 9.17) is 9.47 Å². The predicted octanol–water partition coefficient (Wildman–Crippen LogP) is 1.34. The van der Waals surface area contributed by atoms with Gasteiger partial charge in [0.2, 0.25) is 5.91 Å². The summed E-state index contributed by atoms with van der Waals surface area (Å²) in [7, 11) is 1.62. The van der Waals surface area contributed by atoms with E-state index in [0.29, 0.717) is 38.9 Å². The lowest BCUT2D eigenvalue weighted by Crippen LogP contribution is -2.48. The van der Waals surface area contributed by atoms with Crippen LogP contribution in [0, 0.1) is 0 Å². The number of methoxy groups -OCH3 is 1. The van der Waals surface area contributed by atoms with Gasteiger partial charge in [0.1, 0.15) is 11.4 Å². The zero-order chi connectivity index (χ0) is 15.6. The molecule has 0 radical (unpaired) electrons. The highest BCUT2D eigenvalue weighted by Gasteiger charge is 2.43. The van der Waals surface area contributed by atoms with Crippen LogP contribution in [0.1, 0.15) is 18.4 Å². The van der Waals surface area contributed by atoms with Gasteiger partial charge in [0.05, 0.1) is 20.1 Å². The summed E-state index contributed by atoms with van der Waals surface area (Å²) in [6.45, 7) is 1.81. The van der Waals surface area contributed by atoms with E-state index in [0.717, 1.165) is 11.3 Å². The molecule has 2 amide bonds. The Balaban J connectivity index is 1.54. The van der Waals surface area contributed by atoms with Gasteiger partial charge in [0.15, 0.2) is 0 Å². The molecule has 2 fully saturated rings. The summed E-state index contributed by atoms with van der Waals surface area (Å²) in [6.07, 6.45) is 1.42. The van der Waals surface area contributed by atoms with Crippen LogP contribution >= 0.6 is 0 Å². The van der Waals surface area contributed by atoms with Gasteiger partial charge in [-0.05, 0) is 17.7 Å². The Morgan fingerprint density at radius 2 is 2.00 bits per heavy atom. The SMILES string of the molecule is COc1ccc(CC(=O)N2CCC3(CC2)CNC(=O)O3)cc1. The minimum Gasteiger partial charge on any atom is -0.497 e. The second kappa shape index (κ2) is 5.87. The zero-order valence-electron chi connectivity index (χ0n) is 12.6. The first-order valence-corrected chi connectivity index (χ1v) is 7.48. The summed E-state index contributed by atoms with van der Waals surface area (Å²) >= 11 is 0. The number of benzene rings is 1. The van der Waals surface area contributed by atoms with Crippen LogP contribution in [-0.4, -0.2) is 49.2 Å². The van der Waals surface area contributed by atoms with Crippen molar-refractivity contribution in [2.45, 2.75) is 24.9 Å². The van der Waals surface area contributed by atoms with E-state index in [1.807, 2.05) is 29.2 Å². The molecule has 1 aromatic rings. The molecule has 118 valence electrons. The van der Waals surface area contributed by atoms with Crippen LogP contribution in [0.3, 0.4) is 0 Å². The third-order valence-corrected chi connectivity index (χ3v) is 4.41. The lowest BCUT2D eigenvalue weighted by atomic mass is 9.91. The third kappa shape index (κ3) is 3.00. The molecule has 0 aromatic heterocycles. The average Bonchev–Trinajstić information content (AvgIpc) is 2.89. The first-order chi connectivity index (χ1) is 10.6. The van der Waals surface area contributed by atoms with Crippen molar-refractivity contribution in [2.75, 3.05) is 26.7 Å². The highest BCUT2D eigenvalue weighted by Crippen LogP contribution is 2.29. The van der Waals surface area contributed by atoms with Crippen LogP contribution in [0.5, 0.6) is 5.75 Å². The van der Waals surface area contributed by atoms with Crippen LogP contribution in [0.15, 0.2) is 24.3 Å². The fourth-order valence-electron chi connectivity index (χ4n) is 2.97. The number of nitrogens with zero attached hydrogens (tertiary/aromatic N) is 1. The van der Waals surface area contributed by atoms with Gasteiger partial charge in [-0.1, -0.05) is 12.1 Å². The maximum absolute atomic E-state index is 12.4. The van der Waals surface area contributed by atoms with Gasteiger partial charge in [-0.3, -0.25) is 4.79 Å². The van der Waals surface area contributed by atoms with Crippen molar-refractivity contribution in [1.29, 1.82) is 0 Å². The van der Waals surface area contributed by atoms with Crippen molar-refractivity contribution in [1.82, 2.24) is 10.2 Å². The molecule has 6 heteroatoms. The van der Waals surface area contributed by atoms with Crippen LogP contribution in [0.4, 0.5) is 4.79 Å². The van der Waals surface area contributed by atoms with Gasteiger partial charge in [0.25, 0.3) is 0 Å². The second-order valence-electron chi connectivity index (χ2n) is 5.83. The summed E-state index contributed by atoms with van der Waals surface area (Å²) in [5, 5.41) is 2.70. The van der Waals surface area contributed by atoms with Crippen LogP contribution < -0.4 is 10.1 Å². The van der Waals surface area contributed by atoms with Crippen LogP contribution in [0.2, 0.25) is 0 Å². The Kier molecular flexibility index (Phi) is 3.92. The highest BCUT2D eigenvalue weighted by atomic mass is 16.6. The average molecular weight is 304 g/mol. The summed E-state index contributed by atoms with van der Waals surface area (Å²) in [6, 6.07) is 7.53. The molecule has 22 heavy (non-hydrogen) atoms. The number of carbonyl (C=O) groups excluding carboxylic acids is 2. The summed E-state index contributed by atoms with van der Waals surface area (Å²) < 4.78 is 10.5. The standard InChI is InChI=1S/C16H20N2O4/c1-21-13-4-2-12(3-5-13)10-14(19)18-8-6-16(7-9-18)11-17-15(20)22-16/h2-5H,6-11H2,1H3,(H,17,20). The molecule has 1 spiro atoms. The number of piperidine rings is 1. The van der Waals surface area contributed by atoms with E-state index in [1.165, 1.54) is 0 Å². The molecular weight excluding hydrogens is 284 g/mol. The number of nitrogens with one attached hydrogen (secondary N) is 1. The van der Waals surface area contributed by atoms with Crippen molar-refractivity contribution < 1.29 is 19.1 Å². The summed E-state index contributed by atoms with van der Waals surface area (Å²) in [4.78, 5) is 25.4. The number of hydrogen-bond acceptors (Lipinski definition) is 4. The Labute approximate surface area is 129 Å². The number of likely N-dealkylation sites (tertiary alicyclic amines) is 1. The first-order valence-electron chi connectivity index (χ1n) is 7.48. The molecule has 1 aromatic carbocycles. The van der Waals surface area contributed by atoms with Gasteiger partial charge in [-0.25, -0.2) is 4.79 Å². The Bertz CT molecular complexity index is 562. The summed E-state index contributed by atoms with van der Waals surface area (Å²) in [5.74, 6) is 0.893. The molecule has 1 N–H and O–H groups in total. The Morgan fingerprint density at radius 1 is 1.32 bits per heavy atom. The Morgan fingerprint density at radius 3 is 2.55 bits per heavy atom. The fraction of sp³-hybridized carbons (Fsp3) is 0.500. The normalized spacial score (nSPS) is 19.7. The number of ether oxygens (including phenoxy) is 2. The van der Waals surface area contributed by atoms with Crippen molar-refractivity contribution in [3.8, 4) is 5.75 Å². The quantitative estimate of drug-likeness (QED) is 0.915. The number of hydrogen-bond donors (Lipinski definition) is 1. The minimum absolute atomic E-state index is 0.109. The van der Waals surface area contributed by atoms with Crippen LogP contribution in [-0.2, 0) is 16.0 Å². The van der Waals surface area contributed by atoms with E-state index in [2.05, 4.69) is 5.32 Å². The molecule has 0 aliphatic carbocycles. The maximum Gasteiger partial charge on any atom is 0.407 e. The number of alkyl carbamates (subject to hydrolysis) is 1. The van der Waals surface area contributed by atoms with E-state index < -0.39 is 5.60 Å². The molecule has 2 aliphatic rings. The van der Waals surface area contributed by atoms with Crippen molar-refractivity contribution in [3.05, 3.63) is 29.8 Å². The summed E-state index contributed by atoms with van der Waals surface area (Å²) in [5.41, 5.74) is 0.564. The molecule has 2 saturated heterocycles. The number of carbonyl (C=O) groups is 2. The molecular formula is C16H20N2O4. The number of rotatable bonds is 3. The van der Waals surface area contributed by atoms with E-state index >= 15 is 0 Å². The molecule has 0 unspecified atom stereocenters. The first kappa shape index (κ1) is 14.7. The molecule has 0 saturated carbocycles. The maximum atomic E-state index is 12.4. The van der Waals surface area contributed by atoms with Crippen molar-refractivity contribution >= 4 is 12.0 Å². The largest absolute Gasteiger partial charge is 0.497 e. The monoisotopic (exact) mass is 304 g/mol. The molecule has 3 rings (SSSR count). The molecule has 6 nitrogen and oxygen atoms in total. The topological polar surface area (TPSA) is 67.9 Å². The second-order valence-corrected chi connectivity index (χ2v) is 5.83. The van der Waals surface area contributed by atoms with Gasteiger partial charge in [0, 0.05) is 25.9 Å². The van der Waals surface area contributed by atoms with Gasteiger partial charge >= 0.3 is 6.09 Å². The van der Waals surface area contributed by atoms with Gasteiger partial charge in [-0.2, -0.15) is 0 Å². The molecule has 2 heterocycles. The Hall–Kier alpha value is -2.24. The number of amides is 2. The predicted molar refractivity (Wildman–Crippen MR) is 79.7 cm³/mol. The van der Waals surface area contributed by atoms with Crippen molar-refractivity contribution in [3.63, 3.8) is 0 Å². The fourth-order valence-corrected chi connectivity index (χ4v) is 2.97. The van der Waals surface area contributed by atoms with Gasteiger partial charge < -0.3 is 19.7 Å². The van der Waals surface area contributed by atoms with Crippen molar-refractivity contribution in [2.24, 2.45) is 0 Å². The zero-order valence-corrected chi connectivity index (χ0v) is 12.6.